The van der Waals surface area contributed by atoms with Crippen LogP contribution in [0.15, 0.2) is 23.1 Å². The zero-order chi connectivity index (χ0) is 12.8. The van der Waals surface area contributed by atoms with Crippen LogP contribution in [-0.4, -0.2) is 26.7 Å². The van der Waals surface area contributed by atoms with E-state index in [0.29, 0.717) is 12.2 Å². The SMILES string of the molecule is CCN1C(=O)C(=O)c2cc(S(N)(=O)=O)ccc21. The first-order valence-electron chi connectivity index (χ1n) is 4.89. The maximum atomic E-state index is 11.6. The van der Waals surface area contributed by atoms with E-state index in [4.69, 9.17) is 5.14 Å². The number of primary sulfonamides is 1. The second-order valence-corrected chi connectivity index (χ2v) is 5.16. The molecule has 0 saturated carbocycles. The van der Waals surface area contributed by atoms with Crippen LogP contribution in [0.1, 0.15) is 17.3 Å². The lowest BCUT2D eigenvalue weighted by Crippen LogP contribution is -2.29. The van der Waals surface area contributed by atoms with Crippen LogP contribution in [0.25, 0.3) is 0 Å². The molecule has 1 aliphatic heterocycles. The summed E-state index contributed by atoms with van der Waals surface area (Å²) in [5.74, 6) is -1.35. The highest BCUT2D eigenvalue weighted by molar-refractivity contribution is 7.89. The first-order chi connectivity index (χ1) is 7.86. The highest BCUT2D eigenvalue weighted by Crippen LogP contribution is 2.30. The molecular formula is C10H10N2O4S. The summed E-state index contributed by atoms with van der Waals surface area (Å²) in [7, 11) is -3.87. The molecule has 6 nitrogen and oxygen atoms in total. The first kappa shape index (κ1) is 11.7. The number of rotatable bonds is 2. The van der Waals surface area contributed by atoms with Crippen molar-refractivity contribution in [3.05, 3.63) is 23.8 Å². The van der Waals surface area contributed by atoms with Crippen molar-refractivity contribution in [1.82, 2.24) is 0 Å². The maximum absolute atomic E-state index is 11.6. The lowest BCUT2D eigenvalue weighted by molar-refractivity contribution is -0.114. The van der Waals surface area contributed by atoms with Gasteiger partial charge in [-0.05, 0) is 25.1 Å². The molecule has 1 aromatic rings. The highest BCUT2D eigenvalue weighted by Gasteiger charge is 2.35. The van der Waals surface area contributed by atoms with Crippen LogP contribution in [0.2, 0.25) is 0 Å². The Morgan fingerprint density at radius 3 is 2.47 bits per heavy atom. The van der Waals surface area contributed by atoms with E-state index in [0.717, 1.165) is 6.07 Å². The fourth-order valence-corrected chi connectivity index (χ4v) is 2.31. The van der Waals surface area contributed by atoms with E-state index < -0.39 is 21.7 Å². The zero-order valence-corrected chi connectivity index (χ0v) is 9.82. The number of nitrogens with two attached hydrogens (primary N) is 1. The summed E-state index contributed by atoms with van der Waals surface area (Å²) in [5, 5.41) is 4.96. The molecule has 1 heterocycles. The van der Waals surface area contributed by atoms with Gasteiger partial charge in [-0.3, -0.25) is 9.59 Å². The summed E-state index contributed by atoms with van der Waals surface area (Å²) in [6.07, 6.45) is 0. The van der Waals surface area contributed by atoms with Gasteiger partial charge in [0.2, 0.25) is 10.0 Å². The van der Waals surface area contributed by atoms with Gasteiger partial charge in [-0.2, -0.15) is 0 Å². The van der Waals surface area contributed by atoms with E-state index in [2.05, 4.69) is 0 Å². The number of anilines is 1. The van der Waals surface area contributed by atoms with Crippen molar-refractivity contribution in [2.45, 2.75) is 11.8 Å². The predicted octanol–water partition coefficient (Wildman–Crippen LogP) is -0.117. The summed E-state index contributed by atoms with van der Waals surface area (Å²) >= 11 is 0. The average Bonchev–Trinajstić information content (AvgIpc) is 2.50. The number of carbonyl (C=O) groups is 2. The second kappa shape index (κ2) is 3.64. The highest BCUT2D eigenvalue weighted by atomic mass is 32.2. The Labute approximate surface area is 98.1 Å². The van der Waals surface area contributed by atoms with Gasteiger partial charge >= 0.3 is 0 Å². The molecule has 0 fully saturated rings. The number of amides is 1. The normalized spacial score (nSPS) is 15.3. The number of Topliss-reactive ketones (excluding diaryl/α,β-unsaturated/α-hetero) is 1. The Balaban J connectivity index is 2.64. The number of nitrogens with zero attached hydrogens (tertiary/aromatic N) is 1. The van der Waals surface area contributed by atoms with Crippen molar-refractivity contribution in [3.63, 3.8) is 0 Å². The zero-order valence-electron chi connectivity index (χ0n) is 9.00. The van der Waals surface area contributed by atoms with Crippen molar-refractivity contribution in [3.8, 4) is 0 Å². The van der Waals surface area contributed by atoms with Crippen molar-refractivity contribution >= 4 is 27.4 Å². The molecule has 0 aliphatic carbocycles. The molecule has 2 N–H and O–H groups in total. The third kappa shape index (κ3) is 1.73. The molecule has 0 radical (unpaired) electrons. The van der Waals surface area contributed by atoms with Crippen LogP contribution in [0.3, 0.4) is 0 Å². The van der Waals surface area contributed by atoms with Crippen LogP contribution >= 0.6 is 0 Å². The van der Waals surface area contributed by atoms with Gasteiger partial charge in [-0.15, -0.1) is 0 Å². The molecule has 7 heteroatoms. The fourth-order valence-electron chi connectivity index (χ4n) is 1.77. The largest absolute Gasteiger partial charge is 0.305 e. The molecule has 1 amide bonds. The molecular weight excluding hydrogens is 244 g/mol. The van der Waals surface area contributed by atoms with Crippen molar-refractivity contribution < 1.29 is 18.0 Å². The third-order valence-corrected chi connectivity index (χ3v) is 3.50. The molecule has 0 saturated heterocycles. The Morgan fingerprint density at radius 1 is 1.29 bits per heavy atom. The van der Waals surface area contributed by atoms with Crippen LogP contribution in [0.5, 0.6) is 0 Å². The van der Waals surface area contributed by atoms with Gasteiger partial charge in [0, 0.05) is 6.54 Å². The van der Waals surface area contributed by atoms with Crippen molar-refractivity contribution in [1.29, 1.82) is 0 Å². The smallest absolute Gasteiger partial charge is 0.299 e. The van der Waals surface area contributed by atoms with Gasteiger partial charge in [0.05, 0.1) is 16.1 Å². The number of likely N-dealkylation sites (N-methyl/N-ethyl adjacent to an activating group) is 1. The maximum Gasteiger partial charge on any atom is 0.299 e. The minimum Gasteiger partial charge on any atom is -0.305 e. The van der Waals surface area contributed by atoms with Gasteiger partial charge in [-0.1, -0.05) is 0 Å². The van der Waals surface area contributed by atoms with Gasteiger partial charge in [0.25, 0.3) is 11.7 Å². The van der Waals surface area contributed by atoms with Crippen LogP contribution in [0.4, 0.5) is 5.69 Å². The first-order valence-corrected chi connectivity index (χ1v) is 6.44. The molecule has 0 aromatic heterocycles. The second-order valence-electron chi connectivity index (χ2n) is 3.60. The lowest BCUT2D eigenvalue weighted by atomic mass is 10.1. The quantitative estimate of drug-likeness (QED) is 0.744. The summed E-state index contributed by atoms with van der Waals surface area (Å²) in [6, 6.07) is 3.84. The Bertz CT molecular complexity index is 621. The summed E-state index contributed by atoms with van der Waals surface area (Å²) < 4.78 is 22.3. The van der Waals surface area contributed by atoms with Crippen molar-refractivity contribution in [2.24, 2.45) is 5.14 Å². The van der Waals surface area contributed by atoms with E-state index in [1.165, 1.54) is 17.0 Å². The number of carbonyl (C=O) groups excluding carboxylic acids is 2. The fraction of sp³-hybridized carbons (Fsp3) is 0.200. The molecule has 1 aromatic carbocycles. The number of hydrogen-bond acceptors (Lipinski definition) is 4. The molecule has 90 valence electrons. The number of ketones is 1. The number of hydrogen-bond donors (Lipinski definition) is 1. The van der Waals surface area contributed by atoms with Gasteiger partial charge < -0.3 is 4.90 Å². The summed E-state index contributed by atoms with van der Waals surface area (Å²) in [6.45, 7) is 2.08. The summed E-state index contributed by atoms with van der Waals surface area (Å²) in [5.41, 5.74) is 0.512. The van der Waals surface area contributed by atoms with E-state index in [-0.39, 0.29) is 10.5 Å². The van der Waals surface area contributed by atoms with Gasteiger partial charge in [0.1, 0.15) is 0 Å². The molecule has 17 heavy (non-hydrogen) atoms. The number of sulfonamides is 1. The Morgan fingerprint density at radius 2 is 1.94 bits per heavy atom. The number of benzene rings is 1. The molecule has 1 aliphatic rings. The topological polar surface area (TPSA) is 97.5 Å². The molecule has 0 atom stereocenters. The van der Waals surface area contributed by atoms with Crippen LogP contribution < -0.4 is 10.0 Å². The molecule has 0 spiro atoms. The molecule has 0 bridgehead atoms. The summed E-state index contributed by atoms with van der Waals surface area (Å²) in [4.78, 5) is 24.3. The van der Waals surface area contributed by atoms with Crippen LogP contribution in [-0.2, 0) is 14.8 Å². The minimum absolute atomic E-state index is 0.0865. The standard InChI is InChI=1S/C10H10N2O4S/c1-2-12-8-4-3-6(17(11,15)16)5-7(8)9(13)10(12)14/h3-5H,2H2,1H3,(H2,11,15,16). The van der Waals surface area contributed by atoms with Crippen LogP contribution in [0, 0.1) is 0 Å². The van der Waals surface area contributed by atoms with Crippen molar-refractivity contribution in [2.75, 3.05) is 11.4 Å². The Hall–Kier alpha value is -1.73. The van der Waals surface area contributed by atoms with Gasteiger partial charge in [-0.25, -0.2) is 13.6 Å². The lowest BCUT2D eigenvalue weighted by Gasteiger charge is -2.13. The van der Waals surface area contributed by atoms with E-state index in [1.807, 2.05) is 0 Å². The number of fused-ring (bicyclic) bond motifs is 1. The molecule has 0 unspecified atom stereocenters. The van der Waals surface area contributed by atoms with Gasteiger partial charge in [0.15, 0.2) is 0 Å². The minimum atomic E-state index is -3.87. The average molecular weight is 254 g/mol. The van der Waals surface area contributed by atoms with E-state index in [1.54, 1.807) is 6.92 Å². The predicted molar refractivity (Wildman–Crippen MR) is 60.2 cm³/mol. The van der Waals surface area contributed by atoms with E-state index >= 15 is 0 Å². The third-order valence-electron chi connectivity index (χ3n) is 2.59. The Kier molecular flexibility index (Phi) is 2.52. The monoisotopic (exact) mass is 254 g/mol. The van der Waals surface area contributed by atoms with E-state index in [9.17, 15) is 18.0 Å². The molecule has 2 rings (SSSR count).